The molecule has 28 heavy (non-hydrogen) atoms. The smallest absolute Gasteiger partial charge is 0.248 e. The first-order valence-corrected chi connectivity index (χ1v) is 8.56. The van der Waals surface area contributed by atoms with Gasteiger partial charge in [-0.3, -0.25) is 9.78 Å². The number of pyridine rings is 1. The van der Waals surface area contributed by atoms with Crippen LogP contribution < -0.4 is 11.1 Å². The molecule has 4 aromatic rings. The Morgan fingerprint density at radius 3 is 2.61 bits per heavy atom. The van der Waals surface area contributed by atoms with E-state index in [4.69, 9.17) is 5.73 Å². The van der Waals surface area contributed by atoms with Crippen LogP contribution in [0, 0.1) is 5.82 Å². The summed E-state index contributed by atoms with van der Waals surface area (Å²) in [5, 5.41) is 3.83. The molecule has 0 saturated carbocycles. The fraction of sp³-hybridized carbons (Fsp3) is 0.0476. The lowest BCUT2D eigenvalue weighted by atomic mass is 10.0. The van der Waals surface area contributed by atoms with Gasteiger partial charge in [-0.2, -0.15) is 0 Å². The highest BCUT2D eigenvalue weighted by molar-refractivity contribution is 5.95. The molecule has 0 unspecified atom stereocenters. The number of anilines is 1. The van der Waals surface area contributed by atoms with Crippen molar-refractivity contribution in [3.05, 3.63) is 72.3 Å². The molecule has 0 spiro atoms. The highest BCUT2D eigenvalue weighted by Gasteiger charge is 2.13. The van der Waals surface area contributed by atoms with Crippen molar-refractivity contribution >= 4 is 22.6 Å². The highest BCUT2D eigenvalue weighted by Crippen LogP contribution is 2.30. The first-order valence-electron chi connectivity index (χ1n) is 8.56. The third-order valence-corrected chi connectivity index (χ3v) is 4.42. The Kier molecular flexibility index (Phi) is 4.41. The summed E-state index contributed by atoms with van der Waals surface area (Å²) >= 11 is 0. The molecule has 2 heterocycles. The fourth-order valence-electron chi connectivity index (χ4n) is 3.01. The number of aromatic nitrogens is 3. The number of hydrogen-bond acceptors (Lipinski definition) is 5. The van der Waals surface area contributed by atoms with Gasteiger partial charge in [0.25, 0.3) is 0 Å². The third kappa shape index (κ3) is 3.14. The van der Waals surface area contributed by atoms with Gasteiger partial charge in [-0.05, 0) is 42.0 Å². The van der Waals surface area contributed by atoms with Gasteiger partial charge in [0.05, 0.1) is 5.52 Å². The number of carbonyl (C=O) groups excluding carboxylic acids is 1. The van der Waals surface area contributed by atoms with Gasteiger partial charge in [-0.1, -0.05) is 12.1 Å². The third-order valence-electron chi connectivity index (χ3n) is 4.42. The molecule has 6 nitrogen and oxygen atoms in total. The zero-order valence-corrected chi connectivity index (χ0v) is 15.0. The van der Waals surface area contributed by atoms with Crippen molar-refractivity contribution in [2.45, 2.75) is 0 Å². The monoisotopic (exact) mass is 373 g/mol. The molecule has 3 N–H and O–H groups in total. The number of benzene rings is 2. The van der Waals surface area contributed by atoms with Crippen LogP contribution in [0.1, 0.15) is 10.4 Å². The normalized spacial score (nSPS) is 10.8. The summed E-state index contributed by atoms with van der Waals surface area (Å²) in [7, 11) is 1.77. The molecular formula is C21H16FN5O. The van der Waals surface area contributed by atoms with Gasteiger partial charge in [0.1, 0.15) is 11.6 Å². The van der Waals surface area contributed by atoms with Crippen LogP contribution in [0.25, 0.3) is 33.4 Å². The molecule has 0 saturated heterocycles. The molecular weight excluding hydrogens is 357 g/mol. The average Bonchev–Trinajstić information content (AvgIpc) is 2.73. The number of nitrogens with zero attached hydrogens (tertiary/aromatic N) is 3. The van der Waals surface area contributed by atoms with E-state index in [1.54, 1.807) is 31.6 Å². The van der Waals surface area contributed by atoms with E-state index in [0.29, 0.717) is 22.8 Å². The summed E-state index contributed by atoms with van der Waals surface area (Å²) in [5.74, 6) is -0.0122. The Labute approximate surface area is 160 Å². The van der Waals surface area contributed by atoms with Crippen LogP contribution in [0.5, 0.6) is 0 Å². The zero-order valence-electron chi connectivity index (χ0n) is 15.0. The minimum absolute atomic E-state index is 0.127. The van der Waals surface area contributed by atoms with Crippen LogP contribution in [0.2, 0.25) is 0 Å². The van der Waals surface area contributed by atoms with Gasteiger partial charge in [-0.15, -0.1) is 0 Å². The van der Waals surface area contributed by atoms with Crippen molar-refractivity contribution in [1.82, 2.24) is 15.0 Å². The van der Waals surface area contributed by atoms with Crippen molar-refractivity contribution < 1.29 is 9.18 Å². The first kappa shape index (κ1) is 17.5. The van der Waals surface area contributed by atoms with E-state index >= 15 is 0 Å². The van der Waals surface area contributed by atoms with E-state index in [1.165, 1.54) is 6.07 Å². The van der Waals surface area contributed by atoms with E-state index in [1.807, 2.05) is 24.3 Å². The molecule has 2 aromatic heterocycles. The fourth-order valence-corrected chi connectivity index (χ4v) is 3.01. The summed E-state index contributed by atoms with van der Waals surface area (Å²) in [6.45, 7) is 0. The second kappa shape index (κ2) is 7.03. The number of halogens is 1. The lowest BCUT2D eigenvalue weighted by Gasteiger charge is -2.11. The van der Waals surface area contributed by atoms with E-state index < -0.39 is 11.7 Å². The predicted octanol–water partition coefficient (Wildman–Crippen LogP) is 3.64. The second-order valence-electron chi connectivity index (χ2n) is 6.18. The number of nitrogens with one attached hydrogen (secondary N) is 1. The van der Waals surface area contributed by atoms with Gasteiger partial charge in [0.2, 0.25) is 5.91 Å². The molecule has 7 heteroatoms. The van der Waals surface area contributed by atoms with Crippen molar-refractivity contribution in [2.24, 2.45) is 5.73 Å². The Morgan fingerprint density at radius 2 is 1.93 bits per heavy atom. The van der Waals surface area contributed by atoms with Crippen molar-refractivity contribution in [1.29, 1.82) is 0 Å². The van der Waals surface area contributed by atoms with Crippen LogP contribution in [0.15, 0.2) is 60.9 Å². The summed E-state index contributed by atoms with van der Waals surface area (Å²) in [6.07, 6.45) is 3.39. The number of rotatable bonds is 4. The van der Waals surface area contributed by atoms with Gasteiger partial charge >= 0.3 is 0 Å². The molecule has 0 radical (unpaired) electrons. The first-order chi connectivity index (χ1) is 13.6. The maximum absolute atomic E-state index is 14.5. The van der Waals surface area contributed by atoms with Crippen molar-refractivity contribution in [3.8, 4) is 22.5 Å². The van der Waals surface area contributed by atoms with Crippen LogP contribution in [-0.2, 0) is 0 Å². The van der Waals surface area contributed by atoms with Crippen LogP contribution >= 0.6 is 0 Å². The maximum atomic E-state index is 14.5. The van der Waals surface area contributed by atoms with E-state index in [9.17, 15) is 9.18 Å². The van der Waals surface area contributed by atoms with Gasteiger partial charge in [0, 0.05) is 41.5 Å². The largest absolute Gasteiger partial charge is 0.373 e. The number of hydrogen-bond donors (Lipinski definition) is 2. The van der Waals surface area contributed by atoms with Crippen molar-refractivity contribution in [3.63, 3.8) is 0 Å². The van der Waals surface area contributed by atoms with Crippen LogP contribution in [0.3, 0.4) is 0 Å². The minimum atomic E-state index is -0.669. The van der Waals surface area contributed by atoms with Crippen LogP contribution in [0.4, 0.5) is 10.2 Å². The van der Waals surface area contributed by atoms with E-state index in [-0.39, 0.29) is 5.56 Å². The average molecular weight is 373 g/mol. The molecule has 0 atom stereocenters. The maximum Gasteiger partial charge on any atom is 0.248 e. The van der Waals surface area contributed by atoms with Gasteiger partial charge in [-0.25, -0.2) is 14.4 Å². The van der Waals surface area contributed by atoms with Crippen molar-refractivity contribution in [2.75, 3.05) is 12.4 Å². The number of carbonyl (C=O) groups is 1. The topological polar surface area (TPSA) is 93.8 Å². The molecule has 2 aromatic carbocycles. The Bertz CT molecular complexity index is 1190. The number of nitrogens with two attached hydrogens (primary N) is 1. The lowest BCUT2D eigenvalue weighted by Crippen LogP contribution is -2.11. The summed E-state index contributed by atoms with van der Waals surface area (Å²) < 4.78 is 14.5. The summed E-state index contributed by atoms with van der Waals surface area (Å²) in [5.41, 5.74) is 7.87. The summed E-state index contributed by atoms with van der Waals surface area (Å²) in [6, 6.07) is 13.3. The minimum Gasteiger partial charge on any atom is -0.373 e. The molecule has 0 bridgehead atoms. The van der Waals surface area contributed by atoms with Crippen LogP contribution in [-0.4, -0.2) is 27.9 Å². The molecule has 138 valence electrons. The molecule has 0 aliphatic heterocycles. The Morgan fingerprint density at radius 1 is 1.07 bits per heavy atom. The summed E-state index contributed by atoms with van der Waals surface area (Å²) in [4.78, 5) is 24.5. The molecule has 0 aliphatic carbocycles. The molecule has 4 rings (SSSR count). The zero-order chi connectivity index (χ0) is 19.7. The number of amides is 1. The highest BCUT2D eigenvalue weighted by atomic mass is 19.1. The molecule has 1 amide bonds. The van der Waals surface area contributed by atoms with Gasteiger partial charge in [0.15, 0.2) is 5.82 Å². The Balaban J connectivity index is 1.85. The molecule has 0 aliphatic rings. The van der Waals surface area contributed by atoms with Gasteiger partial charge < -0.3 is 11.1 Å². The van der Waals surface area contributed by atoms with E-state index in [2.05, 4.69) is 20.3 Å². The number of fused-ring (bicyclic) bond motifs is 1. The predicted molar refractivity (Wildman–Crippen MR) is 106 cm³/mol. The lowest BCUT2D eigenvalue weighted by molar-refractivity contribution is 0.1000. The molecule has 0 fully saturated rings. The SMILES string of the molecule is CNc1nc(-c2cccnc2)nc2ccc(-c3ccc(C(N)=O)cc3F)cc12. The standard InChI is InChI=1S/C21H16FN5O/c1-24-21-16-9-12(15-6-4-13(19(23)28)10-17(15)22)5-7-18(16)26-20(27-21)14-3-2-8-25-11-14/h2-11H,1H3,(H2,23,28)(H,24,26,27). The quantitative estimate of drug-likeness (QED) is 0.570. The number of primary amides is 1. The second-order valence-corrected chi connectivity index (χ2v) is 6.18. The van der Waals surface area contributed by atoms with E-state index in [0.717, 1.165) is 22.5 Å². The Hall–Kier alpha value is -3.87.